The van der Waals surface area contributed by atoms with Crippen molar-refractivity contribution < 1.29 is 13.2 Å². The molecule has 0 aliphatic heterocycles. The van der Waals surface area contributed by atoms with E-state index in [-0.39, 0.29) is 5.82 Å². The van der Waals surface area contributed by atoms with Crippen LogP contribution in [0.15, 0.2) is 30.3 Å². The summed E-state index contributed by atoms with van der Waals surface area (Å²) in [6, 6.07) is 7.07. The highest BCUT2D eigenvalue weighted by Gasteiger charge is 2.13. The molecule has 0 amide bonds. The Kier molecular flexibility index (Phi) is 4.39. The second kappa shape index (κ2) is 5.88. The number of alkyl halides is 1. The zero-order valence-corrected chi connectivity index (χ0v) is 11.9. The van der Waals surface area contributed by atoms with Crippen molar-refractivity contribution in [2.75, 3.05) is 0 Å². The summed E-state index contributed by atoms with van der Waals surface area (Å²) in [4.78, 5) is 0. The molecule has 0 radical (unpaired) electrons. The van der Waals surface area contributed by atoms with Gasteiger partial charge in [-0.2, -0.15) is 0 Å². The molecule has 2 aromatic rings. The monoisotopic (exact) mass is 298 g/mol. The molecule has 1 atom stereocenters. The fraction of sp³-hybridized carbons (Fsp3) is 0.250. The zero-order chi connectivity index (χ0) is 14.9. The Hall–Kier alpha value is -1.48. The Morgan fingerprint density at radius 1 is 0.950 bits per heavy atom. The average Bonchev–Trinajstić information content (AvgIpc) is 2.39. The molecule has 2 rings (SSSR count). The molecule has 0 heterocycles. The average molecular weight is 299 g/mol. The molecule has 1 unspecified atom stereocenters. The fourth-order valence-electron chi connectivity index (χ4n) is 2.15. The fourth-order valence-corrected chi connectivity index (χ4v) is 2.46. The Balaban J connectivity index is 2.23. The third-order valence-electron chi connectivity index (χ3n) is 3.22. The van der Waals surface area contributed by atoms with Gasteiger partial charge in [-0.05, 0) is 54.7 Å². The van der Waals surface area contributed by atoms with E-state index in [4.69, 9.17) is 11.6 Å². The van der Waals surface area contributed by atoms with Gasteiger partial charge in [0.2, 0.25) is 0 Å². The predicted molar refractivity (Wildman–Crippen MR) is 74.5 cm³/mol. The van der Waals surface area contributed by atoms with E-state index in [1.165, 1.54) is 6.07 Å². The van der Waals surface area contributed by atoms with E-state index >= 15 is 0 Å². The maximum Gasteiger partial charge on any atom is 0.159 e. The van der Waals surface area contributed by atoms with E-state index in [0.717, 1.165) is 17.7 Å². The Labute approximate surface area is 121 Å². The number of halogens is 4. The van der Waals surface area contributed by atoms with Gasteiger partial charge >= 0.3 is 0 Å². The third-order valence-corrected chi connectivity index (χ3v) is 3.63. The lowest BCUT2D eigenvalue weighted by Crippen LogP contribution is -2.00. The largest absolute Gasteiger partial charge is 0.206 e. The van der Waals surface area contributed by atoms with Gasteiger partial charge in [-0.1, -0.05) is 18.2 Å². The maximum absolute atomic E-state index is 13.6. The summed E-state index contributed by atoms with van der Waals surface area (Å²) in [7, 11) is 0. The Morgan fingerprint density at radius 3 is 2.10 bits per heavy atom. The van der Waals surface area contributed by atoms with Gasteiger partial charge < -0.3 is 0 Å². The van der Waals surface area contributed by atoms with Crippen LogP contribution < -0.4 is 0 Å². The van der Waals surface area contributed by atoms with Gasteiger partial charge in [-0.15, -0.1) is 11.6 Å². The molecule has 0 fully saturated rings. The lowest BCUT2D eigenvalue weighted by molar-refractivity contribution is 0.507. The SMILES string of the molecule is Cc1cc(C(Cl)Cc2ccc(F)c(F)c2)cc(C)c1F. The van der Waals surface area contributed by atoms with Crippen molar-refractivity contribution in [3.05, 3.63) is 70.0 Å². The highest BCUT2D eigenvalue weighted by molar-refractivity contribution is 6.20. The van der Waals surface area contributed by atoms with Gasteiger partial charge in [0, 0.05) is 0 Å². The minimum absolute atomic E-state index is 0.245. The van der Waals surface area contributed by atoms with Crippen molar-refractivity contribution in [2.45, 2.75) is 25.6 Å². The van der Waals surface area contributed by atoms with Crippen LogP contribution in [0.2, 0.25) is 0 Å². The molecule has 106 valence electrons. The molecule has 0 N–H and O–H groups in total. The van der Waals surface area contributed by atoms with E-state index in [9.17, 15) is 13.2 Å². The molecule has 0 saturated carbocycles. The topological polar surface area (TPSA) is 0 Å². The lowest BCUT2D eigenvalue weighted by Gasteiger charge is -2.13. The number of rotatable bonds is 3. The van der Waals surface area contributed by atoms with Crippen molar-refractivity contribution in [1.82, 2.24) is 0 Å². The predicted octanol–water partition coefficient (Wildman–Crippen LogP) is 5.24. The van der Waals surface area contributed by atoms with Crippen LogP contribution >= 0.6 is 11.6 Å². The second-order valence-corrected chi connectivity index (χ2v) is 5.42. The first kappa shape index (κ1) is 14.9. The summed E-state index contributed by atoms with van der Waals surface area (Å²) in [6.45, 7) is 3.35. The molecular weight excluding hydrogens is 285 g/mol. The summed E-state index contributed by atoms with van der Waals surface area (Å²) in [6.07, 6.45) is 0.350. The number of benzene rings is 2. The smallest absolute Gasteiger partial charge is 0.159 e. The molecule has 0 spiro atoms. The maximum atomic E-state index is 13.6. The summed E-state index contributed by atoms with van der Waals surface area (Å²) in [5.41, 5.74) is 2.42. The minimum Gasteiger partial charge on any atom is -0.206 e. The van der Waals surface area contributed by atoms with Crippen molar-refractivity contribution in [2.24, 2.45) is 0 Å². The van der Waals surface area contributed by atoms with Gasteiger partial charge in [0.1, 0.15) is 5.82 Å². The van der Waals surface area contributed by atoms with Crippen LogP contribution in [0.25, 0.3) is 0 Å². The van der Waals surface area contributed by atoms with Gasteiger partial charge in [-0.3, -0.25) is 0 Å². The number of hydrogen-bond acceptors (Lipinski definition) is 0. The molecule has 4 heteroatoms. The zero-order valence-electron chi connectivity index (χ0n) is 11.2. The van der Waals surface area contributed by atoms with Gasteiger partial charge in [0.15, 0.2) is 11.6 Å². The first-order valence-corrected chi connectivity index (χ1v) is 6.66. The lowest BCUT2D eigenvalue weighted by atomic mass is 9.99. The first-order chi connectivity index (χ1) is 9.38. The standard InChI is InChI=1S/C16H14ClF3/c1-9-5-12(6-10(2)16(9)20)13(17)7-11-3-4-14(18)15(19)8-11/h3-6,8,13H,7H2,1-2H3. The molecule has 0 bridgehead atoms. The van der Waals surface area contributed by atoms with Gasteiger partial charge in [0.05, 0.1) is 5.38 Å². The van der Waals surface area contributed by atoms with Gasteiger partial charge in [-0.25, -0.2) is 13.2 Å². The third kappa shape index (κ3) is 3.15. The van der Waals surface area contributed by atoms with Crippen molar-refractivity contribution in [3.63, 3.8) is 0 Å². The normalized spacial score (nSPS) is 12.5. The van der Waals surface area contributed by atoms with E-state index in [1.807, 2.05) is 0 Å². The van der Waals surface area contributed by atoms with E-state index in [0.29, 0.717) is 23.1 Å². The van der Waals surface area contributed by atoms with Crippen LogP contribution in [0.3, 0.4) is 0 Å². The Morgan fingerprint density at radius 2 is 1.55 bits per heavy atom. The summed E-state index contributed by atoms with van der Waals surface area (Å²) in [5, 5.41) is -0.419. The molecule has 0 saturated heterocycles. The molecule has 2 aromatic carbocycles. The molecule has 20 heavy (non-hydrogen) atoms. The quantitative estimate of drug-likeness (QED) is 0.680. The number of hydrogen-bond donors (Lipinski definition) is 0. The second-order valence-electron chi connectivity index (χ2n) is 4.89. The van der Waals surface area contributed by atoms with Crippen molar-refractivity contribution in [1.29, 1.82) is 0 Å². The Bertz CT molecular complexity index is 615. The van der Waals surface area contributed by atoms with Crippen molar-refractivity contribution >= 4 is 11.6 Å². The van der Waals surface area contributed by atoms with Crippen molar-refractivity contribution in [3.8, 4) is 0 Å². The molecule has 0 nitrogen and oxygen atoms in total. The minimum atomic E-state index is -0.891. The van der Waals surface area contributed by atoms with Gasteiger partial charge in [0.25, 0.3) is 0 Å². The van der Waals surface area contributed by atoms with Crippen LogP contribution in [0.4, 0.5) is 13.2 Å². The highest BCUT2D eigenvalue weighted by atomic mass is 35.5. The van der Waals surface area contributed by atoms with Crippen LogP contribution in [0.5, 0.6) is 0 Å². The van der Waals surface area contributed by atoms with E-state index in [2.05, 4.69) is 0 Å². The highest BCUT2D eigenvalue weighted by Crippen LogP contribution is 2.28. The summed E-state index contributed by atoms with van der Waals surface area (Å²) < 4.78 is 39.6. The summed E-state index contributed by atoms with van der Waals surface area (Å²) >= 11 is 6.29. The first-order valence-electron chi connectivity index (χ1n) is 6.23. The van der Waals surface area contributed by atoms with Crippen LogP contribution in [0.1, 0.15) is 27.6 Å². The molecular formula is C16H14ClF3. The van der Waals surface area contributed by atoms with E-state index in [1.54, 1.807) is 26.0 Å². The number of aryl methyl sites for hydroxylation is 2. The molecule has 0 aromatic heterocycles. The van der Waals surface area contributed by atoms with Crippen LogP contribution in [-0.4, -0.2) is 0 Å². The van der Waals surface area contributed by atoms with Crippen LogP contribution in [-0.2, 0) is 6.42 Å². The summed E-state index contributed by atoms with van der Waals surface area (Å²) in [5.74, 6) is -2.02. The van der Waals surface area contributed by atoms with Crippen LogP contribution in [0, 0.1) is 31.3 Å². The van der Waals surface area contributed by atoms with E-state index < -0.39 is 17.0 Å². The molecule has 0 aliphatic carbocycles. The molecule has 0 aliphatic rings.